The van der Waals surface area contributed by atoms with Crippen LogP contribution < -0.4 is 10.1 Å². The largest absolute Gasteiger partial charge is 0.493 e. The molecule has 2 aliphatic rings. The third-order valence-corrected chi connectivity index (χ3v) is 6.40. The van der Waals surface area contributed by atoms with Gasteiger partial charge < -0.3 is 19.7 Å². The Kier molecular flexibility index (Phi) is 10.0. The first-order chi connectivity index (χ1) is 12.7. The van der Waals surface area contributed by atoms with E-state index < -0.39 is 0 Å². The molecule has 0 aromatic heterocycles. The normalized spacial score (nSPS) is 22.1. The Bertz CT molecular complexity index is 614. The number of hydrogen-bond acceptors (Lipinski definition) is 4. The Morgan fingerprint density at radius 2 is 2.30 bits per heavy atom. The number of nitrogens with one attached hydrogen (secondary N) is 1. The van der Waals surface area contributed by atoms with E-state index in [4.69, 9.17) is 9.47 Å². The van der Waals surface area contributed by atoms with Crippen LogP contribution >= 0.6 is 51.7 Å². The third kappa shape index (κ3) is 6.97. The van der Waals surface area contributed by atoms with Gasteiger partial charge in [-0.3, -0.25) is 4.99 Å². The lowest BCUT2D eigenvalue weighted by molar-refractivity contribution is 0.156. The number of aliphatic imine (C=N–C) groups is 1. The molecule has 0 aliphatic carbocycles. The minimum Gasteiger partial charge on any atom is -0.493 e. The fraction of sp³-hybridized carbons (Fsp3) is 0.632. The van der Waals surface area contributed by atoms with Crippen molar-refractivity contribution < 1.29 is 9.47 Å². The molecule has 0 bridgehead atoms. The smallest absolute Gasteiger partial charge is 0.193 e. The molecule has 2 heterocycles. The third-order valence-electron chi connectivity index (χ3n) is 4.96. The first-order valence-corrected chi connectivity index (χ1v) is 11.2. The van der Waals surface area contributed by atoms with Crippen molar-refractivity contribution in [2.24, 2.45) is 10.4 Å². The Labute approximate surface area is 192 Å². The summed E-state index contributed by atoms with van der Waals surface area (Å²) in [6, 6.07) is 7.97. The van der Waals surface area contributed by atoms with Crippen molar-refractivity contribution >= 4 is 57.6 Å². The minimum absolute atomic E-state index is 0. The summed E-state index contributed by atoms with van der Waals surface area (Å²) in [5.74, 6) is 3.97. The van der Waals surface area contributed by atoms with Crippen molar-refractivity contribution in [3.63, 3.8) is 0 Å². The highest BCUT2D eigenvalue weighted by molar-refractivity contribution is 14.0. The molecule has 3 rings (SSSR count). The van der Waals surface area contributed by atoms with Gasteiger partial charge in [0.15, 0.2) is 5.96 Å². The topological polar surface area (TPSA) is 46.1 Å². The van der Waals surface area contributed by atoms with Crippen LogP contribution in [0.3, 0.4) is 0 Å². The predicted molar refractivity (Wildman–Crippen MR) is 128 cm³/mol. The van der Waals surface area contributed by atoms with E-state index in [-0.39, 0.29) is 24.0 Å². The molecule has 152 valence electrons. The van der Waals surface area contributed by atoms with Crippen LogP contribution in [0.4, 0.5) is 0 Å². The van der Waals surface area contributed by atoms with E-state index >= 15 is 0 Å². The molecular weight excluding hydrogens is 541 g/mol. The number of nitrogens with zero attached hydrogens (tertiary/aromatic N) is 2. The van der Waals surface area contributed by atoms with Crippen molar-refractivity contribution in [3.05, 3.63) is 28.7 Å². The van der Waals surface area contributed by atoms with Crippen LogP contribution in [0.1, 0.15) is 12.8 Å². The number of guanidine groups is 1. The number of benzene rings is 1. The molecular formula is C19H29BrIN3O2S. The minimum atomic E-state index is 0. The second kappa shape index (κ2) is 11.7. The molecule has 1 unspecified atom stereocenters. The lowest BCUT2D eigenvalue weighted by Gasteiger charge is -2.24. The molecule has 2 fully saturated rings. The van der Waals surface area contributed by atoms with Crippen LogP contribution in [0.2, 0.25) is 0 Å². The maximum Gasteiger partial charge on any atom is 0.193 e. The Morgan fingerprint density at radius 3 is 3.04 bits per heavy atom. The van der Waals surface area contributed by atoms with Gasteiger partial charge in [-0.2, -0.15) is 11.8 Å². The van der Waals surface area contributed by atoms with Gasteiger partial charge in [0.2, 0.25) is 0 Å². The summed E-state index contributed by atoms with van der Waals surface area (Å²) in [5, 5.41) is 3.50. The van der Waals surface area contributed by atoms with Crippen LogP contribution in [0.25, 0.3) is 0 Å². The van der Waals surface area contributed by atoms with E-state index in [1.807, 2.05) is 43.1 Å². The number of rotatable bonds is 7. The fourth-order valence-electron chi connectivity index (χ4n) is 3.53. The van der Waals surface area contributed by atoms with E-state index in [0.29, 0.717) is 5.41 Å². The summed E-state index contributed by atoms with van der Waals surface area (Å²) >= 11 is 5.36. The highest BCUT2D eigenvalue weighted by atomic mass is 127. The van der Waals surface area contributed by atoms with E-state index in [1.54, 1.807) is 0 Å². The molecule has 0 radical (unpaired) electrons. The molecule has 0 amide bonds. The monoisotopic (exact) mass is 569 g/mol. The van der Waals surface area contributed by atoms with Gasteiger partial charge in [-0.25, -0.2) is 0 Å². The summed E-state index contributed by atoms with van der Waals surface area (Å²) < 4.78 is 12.4. The van der Waals surface area contributed by atoms with Crippen molar-refractivity contribution in [1.82, 2.24) is 10.2 Å². The molecule has 1 atom stereocenters. The van der Waals surface area contributed by atoms with Crippen molar-refractivity contribution in [3.8, 4) is 5.75 Å². The predicted octanol–water partition coefficient (Wildman–Crippen LogP) is 3.87. The van der Waals surface area contributed by atoms with Gasteiger partial charge in [0.1, 0.15) is 5.75 Å². The molecule has 1 N–H and O–H groups in total. The number of halogens is 2. The zero-order chi connectivity index (χ0) is 18.2. The molecule has 8 heteroatoms. The Morgan fingerprint density at radius 1 is 1.41 bits per heavy atom. The summed E-state index contributed by atoms with van der Waals surface area (Å²) in [5.41, 5.74) is 0.371. The van der Waals surface area contributed by atoms with Gasteiger partial charge in [0.25, 0.3) is 0 Å². The van der Waals surface area contributed by atoms with Crippen LogP contribution in [-0.4, -0.2) is 68.9 Å². The maximum atomic E-state index is 5.76. The SMILES string of the molecule is CN=C(NCCSCCOc1cccc(Br)c1)N1CCC2(CCOC2)C1.I. The molecule has 1 aromatic rings. The van der Waals surface area contributed by atoms with Gasteiger partial charge in [0, 0.05) is 54.7 Å². The lowest BCUT2D eigenvalue weighted by Crippen LogP contribution is -2.42. The molecule has 5 nitrogen and oxygen atoms in total. The molecule has 0 saturated carbocycles. The van der Waals surface area contributed by atoms with Crippen molar-refractivity contribution in [1.29, 1.82) is 0 Å². The molecule has 2 aliphatic heterocycles. The molecule has 27 heavy (non-hydrogen) atoms. The summed E-state index contributed by atoms with van der Waals surface area (Å²) in [6.07, 6.45) is 2.41. The molecule has 1 aromatic carbocycles. The number of likely N-dealkylation sites (tertiary alicyclic amines) is 1. The fourth-order valence-corrected chi connectivity index (χ4v) is 4.56. The van der Waals surface area contributed by atoms with Gasteiger partial charge >= 0.3 is 0 Å². The van der Waals surface area contributed by atoms with Gasteiger partial charge in [-0.1, -0.05) is 22.0 Å². The summed E-state index contributed by atoms with van der Waals surface area (Å²) in [4.78, 5) is 6.84. The van der Waals surface area contributed by atoms with E-state index in [9.17, 15) is 0 Å². The first-order valence-electron chi connectivity index (χ1n) is 9.20. The average Bonchev–Trinajstić information content (AvgIpc) is 3.28. The van der Waals surface area contributed by atoms with Gasteiger partial charge in [0.05, 0.1) is 13.2 Å². The highest BCUT2D eigenvalue weighted by Crippen LogP contribution is 2.38. The van der Waals surface area contributed by atoms with Crippen molar-refractivity contribution in [2.45, 2.75) is 12.8 Å². The Hall–Kier alpha value is -0.190. The van der Waals surface area contributed by atoms with Gasteiger partial charge in [-0.05, 0) is 31.0 Å². The number of thioether (sulfide) groups is 1. The quantitative estimate of drug-likeness (QED) is 0.234. The summed E-state index contributed by atoms with van der Waals surface area (Å²) in [7, 11) is 1.87. The molecule has 1 spiro atoms. The van der Waals surface area contributed by atoms with E-state index in [2.05, 4.69) is 31.1 Å². The van der Waals surface area contributed by atoms with E-state index in [0.717, 1.165) is 67.1 Å². The van der Waals surface area contributed by atoms with E-state index in [1.165, 1.54) is 12.8 Å². The van der Waals surface area contributed by atoms with Crippen LogP contribution in [-0.2, 0) is 4.74 Å². The summed E-state index contributed by atoms with van der Waals surface area (Å²) in [6.45, 7) is 5.63. The zero-order valence-electron chi connectivity index (χ0n) is 15.8. The molecule has 2 saturated heterocycles. The first kappa shape index (κ1) is 23.1. The van der Waals surface area contributed by atoms with Crippen LogP contribution in [0, 0.1) is 5.41 Å². The standard InChI is InChI=1S/C19H28BrN3O2S.HI/c1-21-18(23-8-5-19(14-23)6-9-24-15-19)22-7-11-26-12-10-25-17-4-2-3-16(20)13-17;/h2-4,13H,5-12,14-15H2,1H3,(H,21,22);1H. The zero-order valence-corrected chi connectivity index (χ0v) is 20.5. The van der Waals surface area contributed by atoms with Crippen molar-refractivity contribution in [2.75, 3.05) is 58.0 Å². The number of hydrogen-bond donors (Lipinski definition) is 1. The van der Waals surface area contributed by atoms with Crippen LogP contribution in [0.5, 0.6) is 5.75 Å². The maximum absolute atomic E-state index is 5.76. The highest BCUT2D eigenvalue weighted by Gasteiger charge is 2.42. The second-order valence-corrected chi connectivity index (χ2v) is 9.01. The van der Waals surface area contributed by atoms with Crippen LogP contribution in [0.15, 0.2) is 33.7 Å². The Balaban J connectivity index is 0.00000261. The number of ether oxygens (including phenoxy) is 2. The van der Waals surface area contributed by atoms with Gasteiger partial charge in [-0.15, -0.1) is 24.0 Å². The lowest BCUT2D eigenvalue weighted by atomic mass is 9.87. The second-order valence-electron chi connectivity index (χ2n) is 6.87. The average molecular weight is 570 g/mol.